The average Bonchev–Trinajstić information content (AvgIpc) is 2.35. The van der Waals surface area contributed by atoms with Crippen LogP contribution in [-0.4, -0.2) is 22.0 Å². The molecule has 0 aliphatic heterocycles. The SMILES string of the molecule is CO[N+]([O-])=NOc1ccc([N+](=O)[O-])cc1[N+](=O)[O-]. The zero-order chi connectivity index (χ0) is 13.7. The van der Waals surface area contributed by atoms with Gasteiger partial charge in [0.25, 0.3) is 11.0 Å². The number of non-ortho nitro benzene ring substituents is 1. The van der Waals surface area contributed by atoms with E-state index in [4.69, 9.17) is 0 Å². The first-order chi connectivity index (χ1) is 8.45. The molecule has 0 atom stereocenters. The van der Waals surface area contributed by atoms with Gasteiger partial charge in [0.15, 0.2) is 0 Å². The van der Waals surface area contributed by atoms with Crippen LogP contribution in [0.4, 0.5) is 11.4 Å². The van der Waals surface area contributed by atoms with Crippen LogP contribution in [0.3, 0.4) is 0 Å². The Balaban J connectivity index is 3.12. The van der Waals surface area contributed by atoms with Gasteiger partial charge in [-0.1, -0.05) is 0 Å². The van der Waals surface area contributed by atoms with Gasteiger partial charge in [0.05, 0.1) is 15.9 Å². The summed E-state index contributed by atoms with van der Waals surface area (Å²) in [6.45, 7) is 0. The second kappa shape index (κ2) is 5.38. The molecule has 1 rings (SSSR count). The number of hydrogen-bond acceptors (Lipinski definition) is 8. The lowest BCUT2D eigenvalue weighted by Crippen LogP contribution is -2.01. The predicted molar refractivity (Wildman–Crippen MR) is 53.4 cm³/mol. The second-order valence-electron chi connectivity index (χ2n) is 2.76. The number of nitro groups is 2. The molecule has 11 nitrogen and oxygen atoms in total. The summed E-state index contributed by atoms with van der Waals surface area (Å²) in [6, 6.07) is 2.61. The lowest BCUT2D eigenvalue weighted by Gasteiger charge is -1.98. The number of hydrogen-bond donors (Lipinski definition) is 0. The summed E-state index contributed by atoms with van der Waals surface area (Å²) >= 11 is 0. The monoisotopic (exact) mass is 258 g/mol. The highest BCUT2D eigenvalue weighted by Crippen LogP contribution is 2.31. The third-order valence-corrected chi connectivity index (χ3v) is 1.71. The molecule has 1 aromatic carbocycles. The van der Waals surface area contributed by atoms with E-state index in [1.807, 2.05) is 0 Å². The molecule has 0 fully saturated rings. The predicted octanol–water partition coefficient (Wildman–Crippen LogP) is 1.32. The van der Waals surface area contributed by atoms with Crippen LogP contribution in [0.1, 0.15) is 0 Å². The summed E-state index contributed by atoms with van der Waals surface area (Å²) in [6.07, 6.45) is 0. The lowest BCUT2D eigenvalue weighted by molar-refractivity contribution is -0.794. The van der Waals surface area contributed by atoms with Crippen molar-refractivity contribution in [3.05, 3.63) is 43.6 Å². The van der Waals surface area contributed by atoms with Crippen molar-refractivity contribution in [3.63, 3.8) is 0 Å². The van der Waals surface area contributed by atoms with Crippen LogP contribution in [0.5, 0.6) is 5.75 Å². The fourth-order valence-corrected chi connectivity index (χ4v) is 0.950. The summed E-state index contributed by atoms with van der Waals surface area (Å²) in [5, 5.41) is 34.1. The summed E-state index contributed by atoms with van der Waals surface area (Å²) in [4.78, 5) is 27.9. The van der Waals surface area contributed by atoms with Crippen molar-refractivity contribution in [2.45, 2.75) is 0 Å². The fraction of sp³-hybridized carbons (Fsp3) is 0.143. The molecule has 1 aromatic rings. The van der Waals surface area contributed by atoms with Crippen LogP contribution in [0.25, 0.3) is 0 Å². The molecule has 0 unspecified atom stereocenters. The highest BCUT2D eigenvalue weighted by atomic mass is 16.9. The Kier molecular flexibility index (Phi) is 3.91. The van der Waals surface area contributed by atoms with E-state index in [0.29, 0.717) is 6.07 Å². The minimum atomic E-state index is -0.903. The quantitative estimate of drug-likeness (QED) is 0.440. The number of nitrogens with zero attached hydrogens (tertiary/aromatic N) is 4. The molecule has 11 heteroatoms. The molecule has 0 aromatic heterocycles. The lowest BCUT2D eigenvalue weighted by atomic mass is 10.2. The zero-order valence-electron chi connectivity index (χ0n) is 8.88. The van der Waals surface area contributed by atoms with Crippen molar-refractivity contribution < 1.29 is 24.5 Å². The van der Waals surface area contributed by atoms with Gasteiger partial charge in [0, 0.05) is 13.2 Å². The van der Waals surface area contributed by atoms with Crippen molar-refractivity contribution in [3.8, 4) is 5.75 Å². The van der Waals surface area contributed by atoms with Gasteiger partial charge in [-0.2, -0.15) is 0 Å². The molecular weight excluding hydrogens is 252 g/mol. The standard InChI is InChI=1S/C7H6N4O7/c1-17-11(16)8-18-7-3-2-5(9(12)13)4-6(7)10(14)15/h2-4H,1H3. The van der Waals surface area contributed by atoms with E-state index in [2.05, 4.69) is 15.0 Å². The Morgan fingerprint density at radius 3 is 2.33 bits per heavy atom. The van der Waals surface area contributed by atoms with Crippen molar-refractivity contribution >= 4 is 11.4 Å². The maximum atomic E-state index is 10.6. The molecular formula is C7H6N4O7. The van der Waals surface area contributed by atoms with Gasteiger partial charge in [-0.25, -0.2) is 5.21 Å². The number of nitro benzene ring substituents is 2. The molecule has 0 N–H and O–H groups in total. The van der Waals surface area contributed by atoms with Crippen LogP contribution in [0.15, 0.2) is 23.5 Å². The van der Waals surface area contributed by atoms with Crippen LogP contribution in [0, 0.1) is 25.4 Å². The molecule has 18 heavy (non-hydrogen) atoms. The van der Waals surface area contributed by atoms with Crippen LogP contribution in [-0.2, 0) is 4.84 Å². The van der Waals surface area contributed by atoms with Crippen molar-refractivity contribution in [2.75, 3.05) is 7.11 Å². The van der Waals surface area contributed by atoms with Gasteiger partial charge in [0.1, 0.15) is 0 Å². The fourth-order valence-electron chi connectivity index (χ4n) is 0.950. The number of benzene rings is 1. The van der Waals surface area contributed by atoms with E-state index in [-0.39, 0.29) is 5.02 Å². The molecule has 0 spiro atoms. The van der Waals surface area contributed by atoms with E-state index in [1.165, 1.54) is 0 Å². The summed E-state index contributed by atoms with van der Waals surface area (Å²) in [5.74, 6) is -0.427. The highest BCUT2D eigenvalue weighted by molar-refractivity contribution is 5.53. The van der Waals surface area contributed by atoms with Crippen LogP contribution < -0.4 is 4.84 Å². The first kappa shape index (κ1) is 13.1. The largest absolute Gasteiger partial charge is 0.381 e. The maximum absolute atomic E-state index is 10.6. The van der Waals surface area contributed by atoms with Gasteiger partial charge in [-0.05, 0) is 6.07 Å². The molecule has 0 radical (unpaired) electrons. The highest BCUT2D eigenvalue weighted by Gasteiger charge is 2.22. The minimum absolute atomic E-state index is 0.328. The van der Waals surface area contributed by atoms with Crippen molar-refractivity contribution in [1.82, 2.24) is 0 Å². The first-order valence-corrected chi connectivity index (χ1v) is 4.28. The Morgan fingerprint density at radius 2 is 1.83 bits per heavy atom. The van der Waals surface area contributed by atoms with Crippen molar-refractivity contribution in [1.29, 1.82) is 0 Å². The molecule has 0 aliphatic rings. The Bertz CT molecular complexity index is 515. The summed E-state index contributed by atoms with van der Waals surface area (Å²) in [5.41, 5.74) is -1.18. The van der Waals surface area contributed by atoms with Crippen molar-refractivity contribution in [2.24, 2.45) is 5.28 Å². The smallest absolute Gasteiger partial charge is 0.321 e. The van der Waals surface area contributed by atoms with E-state index in [0.717, 1.165) is 19.2 Å². The van der Waals surface area contributed by atoms with Crippen LogP contribution in [0.2, 0.25) is 0 Å². The summed E-state index contributed by atoms with van der Waals surface area (Å²) in [7, 11) is 1.00. The summed E-state index contributed by atoms with van der Waals surface area (Å²) < 4.78 is 0. The third kappa shape index (κ3) is 3.01. The van der Waals surface area contributed by atoms with Gasteiger partial charge >= 0.3 is 5.69 Å². The molecule has 0 heterocycles. The molecule has 0 saturated carbocycles. The second-order valence-corrected chi connectivity index (χ2v) is 2.76. The van der Waals surface area contributed by atoms with Gasteiger partial charge in [-0.15, -0.1) is 0 Å². The molecule has 0 aliphatic carbocycles. The Labute approximate surface area is 98.6 Å². The Morgan fingerprint density at radius 1 is 1.17 bits per heavy atom. The first-order valence-electron chi connectivity index (χ1n) is 4.28. The normalized spacial score (nSPS) is 10.8. The van der Waals surface area contributed by atoms with Gasteiger partial charge in [0.2, 0.25) is 10.8 Å². The molecule has 0 bridgehead atoms. The number of rotatable bonds is 5. The van der Waals surface area contributed by atoms with Gasteiger partial charge < -0.3 is 4.84 Å². The molecule has 0 amide bonds. The maximum Gasteiger partial charge on any atom is 0.321 e. The molecule has 0 saturated heterocycles. The van der Waals surface area contributed by atoms with Gasteiger partial charge in [-0.3, -0.25) is 25.1 Å². The minimum Gasteiger partial charge on any atom is -0.381 e. The topological polar surface area (TPSA) is 143 Å². The molecule has 96 valence electrons. The van der Waals surface area contributed by atoms with Crippen LogP contribution >= 0.6 is 0 Å². The average molecular weight is 258 g/mol. The van der Waals surface area contributed by atoms with E-state index < -0.39 is 27.0 Å². The van der Waals surface area contributed by atoms with E-state index >= 15 is 0 Å². The van der Waals surface area contributed by atoms with E-state index in [9.17, 15) is 25.4 Å². The Hall–Kier alpha value is -2.98. The van der Waals surface area contributed by atoms with E-state index in [1.54, 1.807) is 0 Å². The zero-order valence-corrected chi connectivity index (χ0v) is 8.88. The third-order valence-electron chi connectivity index (χ3n) is 1.71.